The normalized spacial score (nSPS) is 11.3. The molecule has 2 aromatic carbocycles. The summed E-state index contributed by atoms with van der Waals surface area (Å²) in [4.78, 5) is 4.76. The van der Waals surface area contributed by atoms with Crippen molar-refractivity contribution in [3.63, 3.8) is 0 Å². The number of rotatable bonds is 14. The average molecular weight is 444 g/mol. The van der Waals surface area contributed by atoms with Gasteiger partial charge in [-0.3, -0.25) is 0 Å². The zero-order valence-electron chi connectivity index (χ0n) is 19.8. The van der Waals surface area contributed by atoms with Gasteiger partial charge in [-0.2, -0.15) is 0 Å². The van der Waals surface area contributed by atoms with Crippen LogP contribution in [0.3, 0.4) is 0 Å². The summed E-state index contributed by atoms with van der Waals surface area (Å²) in [5.74, 6) is 2.45. The molecule has 0 amide bonds. The lowest BCUT2D eigenvalue weighted by atomic mass is 10.1. The molecule has 0 saturated carbocycles. The lowest BCUT2D eigenvalue weighted by molar-refractivity contribution is 0.145. The maximum absolute atomic E-state index is 5.91. The van der Waals surface area contributed by atoms with Gasteiger partial charge in [0, 0.05) is 39.0 Å². The molecule has 7 nitrogen and oxygen atoms in total. The summed E-state index contributed by atoms with van der Waals surface area (Å²) in [6.45, 7) is 8.53. The second kappa shape index (κ2) is 15.1. The molecule has 0 aliphatic carbocycles. The van der Waals surface area contributed by atoms with Crippen molar-refractivity contribution in [3.05, 3.63) is 59.2 Å². The molecule has 0 fully saturated rings. The zero-order valence-corrected chi connectivity index (χ0v) is 19.8. The van der Waals surface area contributed by atoms with E-state index < -0.39 is 0 Å². The third-order valence-corrected chi connectivity index (χ3v) is 4.75. The van der Waals surface area contributed by atoms with E-state index in [1.807, 2.05) is 31.2 Å². The Morgan fingerprint density at radius 3 is 2.50 bits per heavy atom. The Bertz CT molecular complexity index is 809. The van der Waals surface area contributed by atoms with Gasteiger partial charge in [-0.1, -0.05) is 24.3 Å². The van der Waals surface area contributed by atoms with Crippen LogP contribution in [-0.2, 0) is 22.6 Å². The first-order valence-electron chi connectivity index (χ1n) is 11.1. The molecule has 2 N–H and O–H groups in total. The molecule has 0 radical (unpaired) electrons. The van der Waals surface area contributed by atoms with Crippen molar-refractivity contribution < 1.29 is 18.9 Å². The van der Waals surface area contributed by atoms with Crippen LogP contribution in [0.5, 0.6) is 11.5 Å². The number of hydrogen-bond donors (Lipinski definition) is 2. The topological polar surface area (TPSA) is 73.3 Å². The van der Waals surface area contributed by atoms with E-state index in [2.05, 4.69) is 35.8 Å². The molecule has 0 aromatic heterocycles. The van der Waals surface area contributed by atoms with Crippen LogP contribution in [-0.4, -0.2) is 53.2 Å². The molecule has 0 spiro atoms. The Hall–Kier alpha value is -2.77. The lowest BCUT2D eigenvalue weighted by Crippen LogP contribution is -2.38. The molecule has 0 aliphatic heterocycles. The molecular weight excluding hydrogens is 406 g/mol. The van der Waals surface area contributed by atoms with Gasteiger partial charge in [0.2, 0.25) is 0 Å². The van der Waals surface area contributed by atoms with Gasteiger partial charge in [0.05, 0.1) is 20.3 Å². The van der Waals surface area contributed by atoms with Gasteiger partial charge in [-0.25, -0.2) is 4.99 Å². The van der Waals surface area contributed by atoms with Gasteiger partial charge in [-0.05, 0) is 49.6 Å². The molecular formula is C25H37N3O4. The van der Waals surface area contributed by atoms with E-state index in [-0.39, 0.29) is 0 Å². The number of nitrogens with zero attached hydrogens (tertiary/aromatic N) is 1. The predicted octanol–water partition coefficient (Wildman–Crippen LogP) is 3.69. The Morgan fingerprint density at radius 1 is 0.969 bits per heavy atom. The van der Waals surface area contributed by atoms with Crippen LogP contribution in [0.15, 0.2) is 47.5 Å². The predicted molar refractivity (Wildman–Crippen MR) is 129 cm³/mol. The van der Waals surface area contributed by atoms with Crippen molar-refractivity contribution in [1.82, 2.24) is 10.6 Å². The monoisotopic (exact) mass is 443 g/mol. The highest BCUT2D eigenvalue weighted by atomic mass is 16.5. The summed E-state index contributed by atoms with van der Waals surface area (Å²) < 4.78 is 21.7. The summed E-state index contributed by atoms with van der Waals surface area (Å²) in [7, 11) is 3.34. The van der Waals surface area contributed by atoms with Crippen LogP contribution >= 0.6 is 0 Å². The van der Waals surface area contributed by atoms with Crippen molar-refractivity contribution in [2.24, 2.45) is 4.99 Å². The Kier molecular flexibility index (Phi) is 12.0. The Labute approximate surface area is 192 Å². The van der Waals surface area contributed by atoms with Crippen LogP contribution in [0, 0.1) is 6.92 Å². The summed E-state index contributed by atoms with van der Waals surface area (Å²) >= 11 is 0. The number of guanidine groups is 1. The van der Waals surface area contributed by atoms with Gasteiger partial charge in [-0.15, -0.1) is 0 Å². The molecule has 2 rings (SSSR count). The summed E-state index contributed by atoms with van der Waals surface area (Å²) in [6, 6.07) is 14.2. The molecule has 32 heavy (non-hydrogen) atoms. The van der Waals surface area contributed by atoms with E-state index in [0.29, 0.717) is 26.3 Å². The largest absolute Gasteiger partial charge is 0.497 e. The summed E-state index contributed by atoms with van der Waals surface area (Å²) in [5.41, 5.74) is 3.34. The van der Waals surface area contributed by atoms with Gasteiger partial charge in [0.25, 0.3) is 0 Å². The molecule has 2 aromatic rings. The molecule has 0 aliphatic rings. The molecule has 0 saturated heterocycles. The fourth-order valence-corrected chi connectivity index (χ4v) is 2.96. The molecule has 7 heteroatoms. The van der Waals surface area contributed by atoms with Gasteiger partial charge in [0.15, 0.2) is 5.96 Å². The van der Waals surface area contributed by atoms with Crippen molar-refractivity contribution in [2.45, 2.75) is 33.4 Å². The molecule has 0 bridgehead atoms. The minimum atomic E-state index is 0.515. The fraction of sp³-hybridized carbons (Fsp3) is 0.480. The number of ether oxygens (including phenoxy) is 4. The number of aliphatic imine (C=N–C) groups is 1. The van der Waals surface area contributed by atoms with Gasteiger partial charge < -0.3 is 29.6 Å². The van der Waals surface area contributed by atoms with Crippen molar-refractivity contribution in [3.8, 4) is 11.5 Å². The molecule has 0 heterocycles. The highest BCUT2D eigenvalue weighted by Crippen LogP contribution is 2.20. The smallest absolute Gasteiger partial charge is 0.191 e. The first kappa shape index (κ1) is 25.5. The average Bonchev–Trinajstić information content (AvgIpc) is 2.81. The maximum Gasteiger partial charge on any atom is 0.191 e. The standard InChI is InChI=1S/C25H37N3O4/c1-5-31-14-6-13-26-25(27-18-21-8-11-23(30-4)12-9-21)28-19-22-10-7-20(2)17-24(22)32-16-15-29-3/h7-12,17H,5-6,13-16,18-19H2,1-4H3,(H2,26,27,28). The third kappa shape index (κ3) is 9.58. The molecule has 0 atom stereocenters. The summed E-state index contributed by atoms with van der Waals surface area (Å²) in [6.07, 6.45) is 0.910. The van der Waals surface area contributed by atoms with Crippen LogP contribution in [0.25, 0.3) is 0 Å². The number of hydrogen-bond acceptors (Lipinski definition) is 5. The van der Waals surface area contributed by atoms with E-state index in [1.165, 1.54) is 0 Å². The van der Waals surface area contributed by atoms with E-state index in [1.54, 1.807) is 14.2 Å². The highest BCUT2D eigenvalue weighted by molar-refractivity contribution is 5.79. The highest BCUT2D eigenvalue weighted by Gasteiger charge is 2.07. The second-order valence-electron chi connectivity index (χ2n) is 7.30. The van der Waals surface area contributed by atoms with Crippen LogP contribution in [0.2, 0.25) is 0 Å². The number of benzene rings is 2. The fourth-order valence-electron chi connectivity index (χ4n) is 2.96. The minimum absolute atomic E-state index is 0.515. The van der Waals surface area contributed by atoms with E-state index in [4.69, 9.17) is 23.9 Å². The van der Waals surface area contributed by atoms with Crippen LogP contribution < -0.4 is 20.1 Å². The van der Waals surface area contributed by atoms with E-state index in [0.717, 1.165) is 60.3 Å². The molecule has 0 unspecified atom stereocenters. The first-order chi connectivity index (χ1) is 15.7. The van der Waals surface area contributed by atoms with E-state index >= 15 is 0 Å². The van der Waals surface area contributed by atoms with Crippen molar-refractivity contribution >= 4 is 5.96 Å². The zero-order chi connectivity index (χ0) is 23.0. The third-order valence-electron chi connectivity index (χ3n) is 4.75. The quantitative estimate of drug-likeness (QED) is 0.264. The summed E-state index contributed by atoms with van der Waals surface area (Å²) in [5, 5.41) is 6.83. The van der Waals surface area contributed by atoms with Crippen molar-refractivity contribution in [1.29, 1.82) is 0 Å². The first-order valence-corrected chi connectivity index (χ1v) is 11.1. The van der Waals surface area contributed by atoms with Gasteiger partial charge in [0.1, 0.15) is 18.1 Å². The molecule has 176 valence electrons. The number of methoxy groups -OCH3 is 2. The number of nitrogens with one attached hydrogen (secondary N) is 2. The van der Waals surface area contributed by atoms with E-state index in [9.17, 15) is 0 Å². The number of aryl methyl sites for hydroxylation is 1. The lowest BCUT2D eigenvalue weighted by Gasteiger charge is -2.16. The Balaban J connectivity index is 2.03. The second-order valence-corrected chi connectivity index (χ2v) is 7.30. The minimum Gasteiger partial charge on any atom is -0.497 e. The SMILES string of the molecule is CCOCCCNC(=NCc1ccc(OC)cc1)NCc1ccc(C)cc1OCCOC. The Morgan fingerprint density at radius 2 is 1.78 bits per heavy atom. The van der Waals surface area contributed by atoms with Crippen LogP contribution in [0.4, 0.5) is 0 Å². The van der Waals surface area contributed by atoms with Crippen LogP contribution in [0.1, 0.15) is 30.0 Å². The maximum atomic E-state index is 5.91. The van der Waals surface area contributed by atoms with Gasteiger partial charge >= 0.3 is 0 Å². The van der Waals surface area contributed by atoms with Crippen molar-refractivity contribution in [2.75, 3.05) is 47.2 Å².